The molecule has 1 aliphatic heterocycles. The van der Waals surface area contributed by atoms with Gasteiger partial charge in [-0.05, 0) is 55.7 Å². The van der Waals surface area contributed by atoms with Crippen LogP contribution in [0.2, 0.25) is 5.02 Å². The van der Waals surface area contributed by atoms with Crippen LogP contribution >= 0.6 is 35.6 Å². The number of aliphatic imine (C=N–C) groups is 1. The van der Waals surface area contributed by atoms with Crippen LogP contribution in [0.15, 0.2) is 60.0 Å². The molecule has 9 heteroatoms. The van der Waals surface area contributed by atoms with E-state index >= 15 is 0 Å². The molecule has 2 N–H and O–H groups in total. The van der Waals surface area contributed by atoms with E-state index in [4.69, 9.17) is 11.6 Å². The zero-order valence-electron chi connectivity index (χ0n) is 18.3. The van der Waals surface area contributed by atoms with Gasteiger partial charge in [0.1, 0.15) is 5.82 Å². The van der Waals surface area contributed by atoms with Crippen LogP contribution in [0.5, 0.6) is 0 Å². The van der Waals surface area contributed by atoms with E-state index in [1.54, 1.807) is 7.05 Å². The standard InChI is InChI=1S/C23H28ClN7.HI/c1-17-3-8-22(26-13-17)30-11-9-20(10-12-30)29-23(25-2)27-14-18-15-28-31(16-18)21-6-4-19(24)5-7-21;/h3-8,13,15-16,20H,9-12,14H2,1-2H3,(H2,25,27,29);1H. The third-order valence-electron chi connectivity index (χ3n) is 5.47. The van der Waals surface area contributed by atoms with Gasteiger partial charge in [-0.25, -0.2) is 9.67 Å². The molecule has 0 saturated carbocycles. The van der Waals surface area contributed by atoms with Gasteiger partial charge in [-0.1, -0.05) is 17.7 Å². The van der Waals surface area contributed by atoms with Crippen molar-refractivity contribution in [3.8, 4) is 5.69 Å². The Hall–Kier alpha value is -2.33. The first-order chi connectivity index (χ1) is 15.1. The summed E-state index contributed by atoms with van der Waals surface area (Å²) >= 11 is 5.96. The van der Waals surface area contributed by atoms with Crippen molar-refractivity contribution in [2.45, 2.75) is 32.4 Å². The maximum Gasteiger partial charge on any atom is 0.191 e. The monoisotopic (exact) mass is 565 g/mol. The Morgan fingerprint density at radius 3 is 2.53 bits per heavy atom. The number of rotatable bonds is 5. The average Bonchev–Trinajstić information content (AvgIpc) is 3.27. The normalized spacial score (nSPS) is 14.7. The number of benzene rings is 1. The fraction of sp³-hybridized carbons (Fsp3) is 0.348. The van der Waals surface area contributed by atoms with Crippen LogP contribution in [0.1, 0.15) is 24.0 Å². The SMILES string of the molecule is CN=C(NCc1cnn(-c2ccc(Cl)cc2)c1)NC1CCN(c2ccc(C)cn2)CC1.I. The maximum absolute atomic E-state index is 5.96. The molecule has 0 aliphatic carbocycles. The van der Waals surface area contributed by atoms with Crippen molar-refractivity contribution in [3.05, 3.63) is 71.1 Å². The second kappa shape index (κ2) is 11.5. The first-order valence-electron chi connectivity index (χ1n) is 10.5. The van der Waals surface area contributed by atoms with Crippen molar-refractivity contribution in [1.29, 1.82) is 0 Å². The van der Waals surface area contributed by atoms with Crippen LogP contribution in [0.3, 0.4) is 0 Å². The zero-order chi connectivity index (χ0) is 21.6. The highest BCUT2D eigenvalue weighted by molar-refractivity contribution is 14.0. The van der Waals surface area contributed by atoms with Gasteiger partial charge in [0.15, 0.2) is 5.96 Å². The van der Waals surface area contributed by atoms with Crippen LogP contribution in [-0.2, 0) is 6.54 Å². The summed E-state index contributed by atoms with van der Waals surface area (Å²) in [5.74, 6) is 1.87. The van der Waals surface area contributed by atoms with Gasteiger partial charge in [-0.15, -0.1) is 24.0 Å². The van der Waals surface area contributed by atoms with Crippen molar-refractivity contribution in [2.75, 3.05) is 25.0 Å². The highest BCUT2D eigenvalue weighted by Crippen LogP contribution is 2.18. The van der Waals surface area contributed by atoms with Gasteiger partial charge in [0.25, 0.3) is 0 Å². The predicted molar refractivity (Wildman–Crippen MR) is 142 cm³/mol. The summed E-state index contributed by atoms with van der Waals surface area (Å²) in [6, 6.07) is 12.2. The number of nitrogens with one attached hydrogen (secondary N) is 2. The van der Waals surface area contributed by atoms with E-state index in [-0.39, 0.29) is 24.0 Å². The van der Waals surface area contributed by atoms with Crippen molar-refractivity contribution < 1.29 is 0 Å². The van der Waals surface area contributed by atoms with Gasteiger partial charge in [-0.2, -0.15) is 5.10 Å². The first-order valence-corrected chi connectivity index (χ1v) is 10.9. The molecule has 1 saturated heterocycles. The van der Waals surface area contributed by atoms with Gasteiger partial charge < -0.3 is 15.5 Å². The van der Waals surface area contributed by atoms with Crippen LogP contribution in [0.25, 0.3) is 5.69 Å². The molecule has 170 valence electrons. The van der Waals surface area contributed by atoms with Crippen molar-refractivity contribution >= 4 is 47.4 Å². The molecule has 0 bridgehead atoms. The third kappa shape index (κ3) is 6.35. The molecular weight excluding hydrogens is 537 g/mol. The van der Waals surface area contributed by atoms with E-state index in [2.05, 4.69) is 49.7 Å². The van der Waals surface area contributed by atoms with E-state index < -0.39 is 0 Å². The summed E-state index contributed by atoms with van der Waals surface area (Å²) in [6.45, 7) is 4.69. The van der Waals surface area contributed by atoms with Gasteiger partial charge in [0, 0.05) is 55.7 Å². The number of hydrogen-bond acceptors (Lipinski definition) is 4. The molecule has 0 radical (unpaired) electrons. The molecule has 3 heterocycles. The van der Waals surface area contributed by atoms with Crippen LogP contribution in [0.4, 0.5) is 5.82 Å². The molecule has 1 aliphatic rings. The fourth-order valence-electron chi connectivity index (χ4n) is 3.66. The Balaban J connectivity index is 0.00000289. The summed E-state index contributed by atoms with van der Waals surface area (Å²) in [6.07, 6.45) is 7.90. The fourth-order valence-corrected chi connectivity index (χ4v) is 3.79. The number of piperidine rings is 1. The number of pyridine rings is 1. The molecule has 0 atom stereocenters. The number of anilines is 1. The predicted octanol–water partition coefficient (Wildman–Crippen LogP) is 4.18. The molecule has 0 amide bonds. The summed E-state index contributed by atoms with van der Waals surface area (Å²) in [5.41, 5.74) is 3.25. The first kappa shape index (κ1) is 24.3. The van der Waals surface area contributed by atoms with E-state index in [1.165, 1.54) is 5.56 Å². The third-order valence-corrected chi connectivity index (χ3v) is 5.72. The zero-order valence-corrected chi connectivity index (χ0v) is 21.4. The molecule has 1 fully saturated rings. The second-order valence-electron chi connectivity index (χ2n) is 7.79. The Bertz CT molecular complexity index is 1010. The lowest BCUT2D eigenvalue weighted by Crippen LogP contribution is -2.48. The molecule has 0 spiro atoms. The summed E-state index contributed by atoms with van der Waals surface area (Å²) < 4.78 is 1.85. The van der Waals surface area contributed by atoms with Gasteiger partial charge in [0.05, 0.1) is 11.9 Å². The molecule has 1 aromatic carbocycles. The molecule has 4 rings (SSSR count). The van der Waals surface area contributed by atoms with E-state index in [0.717, 1.165) is 49.0 Å². The summed E-state index contributed by atoms with van der Waals surface area (Å²) in [4.78, 5) is 11.3. The average molecular weight is 566 g/mol. The minimum absolute atomic E-state index is 0. The highest BCUT2D eigenvalue weighted by atomic mass is 127. The molecule has 3 aromatic rings. The maximum atomic E-state index is 5.96. The quantitative estimate of drug-likeness (QED) is 0.276. The number of aromatic nitrogens is 3. The minimum atomic E-state index is 0. The topological polar surface area (TPSA) is 70.4 Å². The molecule has 7 nitrogen and oxygen atoms in total. The van der Waals surface area contributed by atoms with Crippen molar-refractivity contribution in [3.63, 3.8) is 0 Å². The van der Waals surface area contributed by atoms with Crippen LogP contribution in [-0.4, -0.2) is 46.9 Å². The van der Waals surface area contributed by atoms with Crippen LogP contribution < -0.4 is 15.5 Å². The Morgan fingerprint density at radius 1 is 1.12 bits per heavy atom. The van der Waals surface area contributed by atoms with Gasteiger partial charge in [-0.3, -0.25) is 4.99 Å². The van der Waals surface area contributed by atoms with Gasteiger partial charge in [0.2, 0.25) is 0 Å². The molecule has 0 unspecified atom stereocenters. The Morgan fingerprint density at radius 2 is 1.88 bits per heavy atom. The van der Waals surface area contributed by atoms with Crippen molar-refractivity contribution in [1.82, 2.24) is 25.4 Å². The molecule has 32 heavy (non-hydrogen) atoms. The molecule has 2 aromatic heterocycles. The lowest BCUT2D eigenvalue weighted by Gasteiger charge is -2.33. The lowest BCUT2D eigenvalue weighted by atomic mass is 10.1. The van der Waals surface area contributed by atoms with E-state index in [9.17, 15) is 0 Å². The minimum Gasteiger partial charge on any atom is -0.356 e. The number of nitrogens with zero attached hydrogens (tertiary/aromatic N) is 5. The smallest absolute Gasteiger partial charge is 0.191 e. The Kier molecular flexibility index (Phi) is 8.75. The summed E-state index contributed by atoms with van der Waals surface area (Å²) in [5, 5.41) is 12.1. The lowest BCUT2D eigenvalue weighted by molar-refractivity contribution is 0.459. The highest BCUT2D eigenvalue weighted by Gasteiger charge is 2.20. The Labute approximate surface area is 211 Å². The van der Waals surface area contributed by atoms with Gasteiger partial charge >= 0.3 is 0 Å². The number of halogens is 2. The van der Waals surface area contributed by atoms with Crippen LogP contribution in [0, 0.1) is 6.92 Å². The van der Waals surface area contributed by atoms with E-state index in [0.29, 0.717) is 17.6 Å². The largest absolute Gasteiger partial charge is 0.356 e. The number of guanidine groups is 1. The second-order valence-corrected chi connectivity index (χ2v) is 8.23. The molecular formula is C23H29ClIN7. The number of aryl methyl sites for hydroxylation is 1. The van der Waals surface area contributed by atoms with Crippen molar-refractivity contribution in [2.24, 2.45) is 4.99 Å². The van der Waals surface area contributed by atoms with E-state index in [1.807, 2.05) is 47.5 Å². The summed E-state index contributed by atoms with van der Waals surface area (Å²) in [7, 11) is 1.80. The number of hydrogen-bond donors (Lipinski definition) is 2.